The van der Waals surface area contributed by atoms with Crippen molar-refractivity contribution in [2.24, 2.45) is 22.1 Å². The molecule has 0 aliphatic heterocycles. The van der Waals surface area contributed by atoms with E-state index in [2.05, 4.69) is 58.6 Å². The minimum absolute atomic E-state index is 0.0262. The van der Waals surface area contributed by atoms with Gasteiger partial charge in [-0.2, -0.15) is 0 Å². The van der Waals surface area contributed by atoms with Gasteiger partial charge in [0, 0.05) is 12.0 Å². The summed E-state index contributed by atoms with van der Waals surface area (Å²) >= 11 is 0. The van der Waals surface area contributed by atoms with E-state index in [1.54, 1.807) is 0 Å². The van der Waals surface area contributed by atoms with Crippen molar-refractivity contribution in [1.29, 1.82) is 0 Å². The minimum Gasteiger partial charge on any atom is -0.387 e. The molecule has 0 aliphatic carbocycles. The largest absolute Gasteiger partial charge is 0.387 e. The maximum atomic E-state index is 6.03. The Morgan fingerprint density at radius 1 is 1.25 bits per heavy atom. The molecule has 0 aliphatic rings. The van der Waals surface area contributed by atoms with Crippen molar-refractivity contribution in [2.45, 2.75) is 47.1 Å². The van der Waals surface area contributed by atoms with Crippen LogP contribution in [0.15, 0.2) is 4.99 Å². The zero-order valence-corrected chi connectivity index (χ0v) is 12.0. The fourth-order valence-corrected chi connectivity index (χ4v) is 1.52. The first-order valence-electron chi connectivity index (χ1n) is 6.11. The van der Waals surface area contributed by atoms with Crippen LogP contribution in [0.4, 0.5) is 0 Å². The molecule has 0 saturated carbocycles. The number of hydrogen-bond donors (Lipinski definition) is 1. The van der Waals surface area contributed by atoms with E-state index >= 15 is 0 Å². The van der Waals surface area contributed by atoms with E-state index in [0.717, 1.165) is 18.8 Å². The summed E-state index contributed by atoms with van der Waals surface area (Å²) in [6.07, 6.45) is 1.09. The third-order valence-electron chi connectivity index (χ3n) is 2.41. The summed E-state index contributed by atoms with van der Waals surface area (Å²) in [5.74, 6) is 1.42. The number of nitrogens with zero attached hydrogens (tertiary/aromatic N) is 2. The Balaban J connectivity index is 4.64. The Morgan fingerprint density at radius 2 is 1.75 bits per heavy atom. The van der Waals surface area contributed by atoms with Gasteiger partial charge in [0.1, 0.15) is 0 Å². The van der Waals surface area contributed by atoms with E-state index in [1.807, 2.05) is 0 Å². The first-order valence-corrected chi connectivity index (χ1v) is 6.11. The van der Waals surface area contributed by atoms with Crippen molar-refractivity contribution in [3.63, 3.8) is 0 Å². The third-order valence-corrected chi connectivity index (χ3v) is 2.41. The zero-order valence-electron chi connectivity index (χ0n) is 12.0. The summed E-state index contributed by atoms with van der Waals surface area (Å²) in [5, 5.41) is 0. The fourth-order valence-electron chi connectivity index (χ4n) is 1.52. The van der Waals surface area contributed by atoms with Gasteiger partial charge >= 0.3 is 0 Å². The van der Waals surface area contributed by atoms with Gasteiger partial charge in [0.2, 0.25) is 0 Å². The Hall–Kier alpha value is -0.570. The molecule has 0 spiro atoms. The van der Waals surface area contributed by atoms with Gasteiger partial charge in [-0.15, -0.1) is 0 Å². The molecule has 0 saturated heterocycles. The fraction of sp³-hybridized carbons (Fsp3) is 0.923. The lowest BCUT2D eigenvalue weighted by Gasteiger charge is -2.24. The topological polar surface area (TPSA) is 41.6 Å². The van der Waals surface area contributed by atoms with E-state index in [-0.39, 0.29) is 5.41 Å². The minimum atomic E-state index is -0.0262. The van der Waals surface area contributed by atoms with Crippen LogP contribution in [0.3, 0.4) is 0 Å². The molecular weight excluding hydrogens is 198 g/mol. The van der Waals surface area contributed by atoms with E-state index in [1.165, 1.54) is 0 Å². The SMILES string of the molecule is CC(C)CC(CN(C)C)N=C(N)C(C)(C)C. The lowest BCUT2D eigenvalue weighted by molar-refractivity contribution is 0.343. The van der Waals surface area contributed by atoms with Gasteiger partial charge in [-0.3, -0.25) is 4.99 Å². The van der Waals surface area contributed by atoms with Crippen LogP contribution in [0.2, 0.25) is 0 Å². The summed E-state index contributed by atoms with van der Waals surface area (Å²) in [5.41, 5.74) is 6.01. The molecule has 0 rings (SSSR count). The van der Waals surface area contributed by atoms with Gasteiger partial charge in [-0.1, -0.05) is 34.6 Å². The summed E-state index contributed by atoms with van der Waals surface area (Å²) in [6, 6.07) is 0.314. The van der Waals surface area contributed by atoms with E-state index in [4.69, 9.17) is 5.73 Å². The summed E-state index contributed by atoms with van der Waals surface area (Å²) in [6.45, 7) is 11.7. The molecular formula is C13H29N3. The number of rotatable bonds is 5. The molecule has 96 valence electrons. The molecule has 2 N–H and O–H groups in total. The molecule has 0 radical (unpaired) electrons. The highest BCUT2D eigenvalue weighted by Crippen LogP contribution is 2.16. The molecule has 1 unspecified atom stereocenters. The van der Waals surface area contributed by atoms with Crippen LogP contribution in [-0.4, -0.2) is 37.4 Å². The summed E-state index contributed by atoms with van der Waals surface area (Å²) < 4.78 is 0. The Bertz CT molecular complexity index is 214. The molecule has 16 heavy (non-hydrogen) atoms. The molecule has 3 heteroatoms. The molecule has 1 atom stereocenters. The highest BCUT2D eigenvalue weighted by Gasteiger charge is 2.18. The molecule has 0 aromatic rings. The quantitative estimate of drug-likeness (QED) is 0.579. The van der Waals surface area contributed by atoms with E-state index in [0.29, 0.717) is 12.0 Å². The van der Waals surface area contributed by atoms with Crippen molar-refractivity contribution in [3.05, 3.63) is 0 Å². The van der Waals surface area contributed by atoms with Crippen molar-refractivity contribution in [2.75, 3.05) is 20.6 Å². The lowest BCUT2D eigenvalue weighted by Crippen LogP contribution is -2.34. The molecule has 0 amide bonds. The highest BCUT2D eigenvalue weighted by atomic mass is 15.1. The molecule has 0 aromatic heterocycles. The first kappa shape index (κ1) is 15.4. The lowest BCUT2D eigenvalue weighted by atomic mass is 9.94. The molecule has 0 fully saturated rings. The average molecular weight is 227 g/mol. The van der Waals surface area contributed by atoms with Crippen molar-refractivity contribution in [3.8, 4) is 0 Å². The molecule has 3 nitrogen and oxygen atoms in total. The predicted molar refractivity (Wildman–Crippen MR) is 72.9 cm³/mol. The van der Waals surface area contributed by atoms with Gasteiger partial charge in [-0.05, 0) is 26.4 Å². The van der Waals surface area contributed by atoms with Crippen LogP contribution in [0.25, 0.3) is 0 Å². The number of likely N-dealkylation sites (N-methyl/N-ethyl adjacent to an activating group) is 1. The Morgan fingerprint density at radius 3 is 2.06 bits per heavy atom. The molecule has 0 heterocycles. The monoisotopic (exact) mass is 227 g/mol. The second kappa shape index (κ2) is 6.24. The van der Waals surface area contributed by atoms with Gasteiger partial charge in [0.25, 0.3) is 0 Å². The Labute approximate surface area is 101 Å². The number of nitrogens with two attached hydrogens (primary N) is 1. The van der Waals surface area contributed by atoms with Crippen molar-refractivity contribution < 1.29 is 0 Å². The van der Waals surface area contributed by atoms with Crippen LogP contribution in [-0.2, 0) is 0 Å². The predicted octanol–water partition coefficient (Wildman–Crippen LogP) is 2.37. The van der Waals surface area contributed by atoms with Crippen LogP contribution in [0.5, 0.6) is 0 Å². The van der Waals surface area contributed by atoms with Gasteiger partial charge in [0.15, 0.2) is 0 Å². The van der Waals surface area contributed by atoms with Crippen molar-refractivity contribution >= 4 is 5.84 Å². The number of hydrogen-bond acceptors (Lipinski definition) is 2. The van der Waals surface area contributed by atoms with Gasteiger partial charge < -0.3 is 10.6 Å². The molecule has 0 bridgehead atoms. The number of aliphatic imine (C=N–C) groups is 1. The zero-order chi connectivity index (χ0) is 12.9. The van der Waals surface area contributed by atoms with Crippen LogP contribution >= 0.6 is 0 Å². The normalized spacial score (nSPS) is 15.9. The molecule has 0 aromatic carbocycles. The maximum absolute atomic E-state index is 6.03. The first-order chi connectivity index (χ1) is 7.12. The van der Waals surface area contributed by atoms with Gasteiger partial charge in [-0.25, -0.2) is 0 Å². The number of amidine groups is 1. The second-order valence-corrected chi connectivity index (χ2v) is 6.31. The highest BCUT2D eigenvalue weighted by molar-refractivity contribution is 5.85. The summed E-state index contributed by atoms with van der Waals surface area (Å²) in [7, 11) is 4.16. The van der Waals surface area contributed by atoms with Crippen molar-refractivity contribution in [1.82, 2.24) is 4.90 Å². The standard InChI is InChI=1S/C13H29N3/c1-10(2)8-11(9-16(6)7)15-12(14)13(3,4)5/h10-11H,8-9H2,1-7H3,(H2,14,15). The van der Waals surface area contributed by atoms with Crippen LogP contribution < -0.4 is 5.73 Å². The van der Waals surface area contributed by atoms with E-state index in [9.17, 15) is 0 Å². The van der Waals surface area contributed by atoms with Crippen LogP contribution in [0, 0.1) is 11.3 Å². The maximum Gasteiger partial charge on any atom is 0.0995 e. The second-order valence-electron chi connectivity index (χ2n) is 6.31. The van der Waals surface area contributed by atoms with E-state index < -0.39 is 0 Å². The van der Waals surface area contributed by atoms with Crippen LogP contribution in [0.1, 0.15) is 41.0 Å². The Kier molecular flexibility index (Phi) is 6.01. The summed E-state index contributed by atoms with van der Waals surface area (Å²) in [4.78, 5) is 6.85. The third kappa shape index (κ3) is 6.83. The smallest absolute Gasteiger partial charge is 0.0995 e. The average Bonchev–Trinajstić information content (AvgIpc) is 1.98. The van der Waals surface area contributed by atoms with Gasteiger partial charge in [0.05, 0.1) is 11.9 Å².